The Balaban J connectivity index is 1.91. The van der Waals surface area contributed by atoms with E-state index >= 15 is 0 Å². The van der Waals surface area contributed by atoms with E-state index in [0.717, 1.165) is 11.5 Å². The molecule has 1 aliphatic rings. The highest BCUT2D eigenvalue weighted by Crippen LogP contribution is 2.39. The SMILES string of the molecule is CCOC(=O)C(N)Cc1ccc(C2CC2)cc1. The molecular formula is C14H19NO2. The standard InChI is InChI=1S/C14H19NO2/c1-2-17-14(16)13(15)9-10-3-5-11(6-4-10)12-7-8-12/h3-6,12-13H,2,7-9,15H2,1H3. The predicted octanol–water partition coefficient (Wildman–Crippen LogP) is 2.00. The van der Waals surface area contributed by atoms with Crippen LogP contribution in [0.5, 0.6) is 0 Å². The van der Waals surface area contributed by atoms with Crippen LogP contribution >= 0.6 is 0 Å². The van der Waals surface area contributed by atoms with Crippen molar-refractivity contribution in [3.05, 3.63) is 35.4 Å². The lowest BCUT2D eigenvalue weighted by molar-refractivity contribution is -0.144. The molecule has 0 amide bonds. The van der Waals surface area contributed by atoms with Crippen LogP contribution in [0, 0.1) is 0 Å². The largest absolute Gasteiger partial charge is 0.465 e. The Bertz CT molecular complexity index is 382. The summed E-state index contributed by atoms with van der Waals surface area (Å²) in [5, 5.41) is 0. The van der Waals surface area contributed by atoms with Gasteiger partial charge in [-0.05, 0) is 43.2 Å². The Morgan fingerprint density at radius 1 is 1.41 bits per heavy atom. The first-order valence-corrected chi connectivity index (χ1v) is 6.21. The number of esters is 1. The molecule has 0 bridgehead atoms. The maximum Gasteiger partial charge on any atom is 0.323 e. The van der Waals surface area contributed by atoms with E-state index in [4.69, 9.17) is 10.5 Å². The summed E-state index contributed by atoms with van der Waals surface area (Å²) in [5.41, 5.74) is 8.26. The van der Waals surface area contributed by atoms with E-state index in [2.05, 4.69) is 24.3 Å². The van der Waals surface area contributed by atoms with Gasteiger partial charge in [0.1, 0.15) is 6.04 Å². The minimum atomic E-state index is -0.554. The highest BCUT2D eigenvalue weighted by Gasteiger charge is 2.23. The van der Waals surface area contributed by atoms with Gasteiger partial charge in [0.15, 0.2) is 0 Å². The quantitative estimate of drug-likeness (QED) is 0.791. The van der Waals surface area contributed by atoms with Crippen LogP contribution in [0.4, 0.5) is 0 Å². The topological polar surface area (TPSA) is 52.3 Å². The zero-order chi connectivity index (χ0) is 12.3. The van der Waals surface area contributed by atoms with Gasteiger partial charge in [-0.15, -0.1) is 0 Å². The zero-order valence-electron chi connectivity index (χ0n) is 10.2. The van der Waals surface area contributed by atoms with Crippen LogP contribution in [0.15, 0.2) is 24.3 Å². The van der Waals surface area contributed by atoms with Gasteiger partial charge in [-0.2, -0.15) is 0 Å². The van der Waals surface area contributed by atoms with Crippen molar-refractivity contribution in [3.63, 3.8) is 0 Å². The van der Waals surface area contributed by atoms with Crippen LogP contribution < -0.4 is 5.73 Å². The molecule has 0 radical (unpaired) electrons. The zero-order valence-corrected chi connectivity index (χ0v) is 10.2. The molecule has 1 aliphatic carbocycles. The fourth-order valence-electron chi connectivity index (χ4n) is 1.93. The van der Waals surface area contributed by atoms with Crippen LogP contribution in [-0.2, 0) is 16.0 Å². The molecule has 1 saturated carbocycles. The summed E-state index contributed by atoms with van der Waals surface area (Å²) in [6, 6.07) is 7.86. The number of hydrogen-bond donors (Lipinski definition) is 1. The average Bonchev–Trinajstić information content (AvgIpc) is 3.14. The monoisotopic (exact) mass is 233 g/mol. The first kappa shape index (κ1) is 12.1. The molecule has 0 spiro atoms. The van der Waals surface area contributed by atoms with Gasteiger partial charge in [0.05, 0.1) is 6.61 Å². The minimum Gasteiger partial charge on any atom is -0.465 e. The molecule has 0 aromatic heterocycles. The Morgan fingerprint density at radius 2 is 2.06 bits per heavy atom. The Kier molecular flexibility index (Phi) is 3.79. The fraction of sp³-hybridized carbons (Fsp3) is 0.500. The molecule has 0 aliphatic heterocycles. The molecule has 2 rings (SSSR count). The van der Waals surface area contributed by atoms with Gasteiger partial charge in [0.2, 0.25) is 0 Å². The van der Waals surface area contributed by atoms with Gasteiger partial charge in [-0.25, -0.2) is 0 Å². The molecule has 1 unspecified atom stereocenters. The molecule has 1 aromatic rings. The van der Waals surface area contributed by atoms with Crippen LogP contribution in [0.3, 0.4) is 0 Å². The predicted molar refractivity (Wildman–Crippen MR) is 66.7 cm³/mol. The first-order valence-electron chi connectivity index (χ1n) is 6.21. The van der Waals surface area contributed by atoms with E-state index in [1.165, 1.54) is 18.4 Å². The van der Waals surface area contributed by atoms with E-state index in [1.807, 2.05) is 0 Å². The summed E-state index contributed by atoms with van der Waals surface area (Å²) in [6.45, 7) is 2.17. The van der Waals surface area contributed by atoms with E-state index in [1.54, 1.807) is 6.92 Å². The number of rotatable bonds is 5. The van der Waals surface area contributed by atoms with E-state index in [0.29, 0.717) is 13.0 Å². The molecule has 3 heteroatoms. The van der Waals surface area contributed by atoms with Crippen molar-refractivity contribution >= 4 is 5.97 Å². The molecule has 2 N–H and O–H groups in total. The number of benzene rings is 1. The lowest BCUT2D eigenvalue weighted by Crippen LogP contribution is -2.34. The molecule has 1 atom stereocenters. The van der Waals surface area contributed by atoms with Crippen LogP contribution in [0.2, 0.25) is 0 Å². The molecule has 92 valence electrons. The van der Waals surface area contributed by atoms with Crippen LogP contribution in [-0.4, -0.2) is 18.6 Å². The number of carbonyl (C=O) groups is 1. The van der Waals surface area contributed by atoms with Gasteiger partial charge in [-0.1, -0.05) is 24.3 Å². The van der Waals surface area contributed by atoms with Crippen molar-refractivity contribution in [1.82, 2.24) is 0 Å². The van der Waals surface area contributed by atoms with Gasteiger partial charge < -0.3 is 10.5 Å². The lowest BCUT2D eigenvalue weighted by atomic mass is 10.0. The highest BCUT2D eigenvalue weighted by atomic mass is 16.5. The molecule has 0 heterocycles. The molecule has 0 saturated heterocycles. The Hall–Kier alpha value is -1.35. The number of nitrogens with two attached hydrogens (primary N) is 1. The van der Waals surface area contributed by atoms with Crippen molar-refractivity contribution < 1.29 is 9.53 Å². The first-order chi connectivity index (χ1) is 8.20. The maximum absolute atomic E-state index is 11.4. The summed E-state index contributed by atoms with van der Waals surface area (Å²) in [7, 11) is 0. The summed E-state index contributed by atoms with van der Waals surface area (Å²) >= 11 is 0. The fourth-order valence-corrected chi connectivity index (χ4v) is 1.93. The van der Waals surface area contributed by atoms with Gasteiger partial charge in [0.25, 0.3) is 0 Å². The van der Waals surface area contributed by atoms with Crippen LogP contribution in [0.25, 0.3) is 0 Å². The second-order valence-electron chi connectivity index (χ2n) is 4.58. The second kappa shape index (κ2) is 5.32. The third-order valence-corrected chi connectivity index (χ3v) is 3.07. The van der Waals surface area contributed by atoms with Crippen molar-refractivity contribution in [2.24, 2.45) is 5.73 Å². The summed E-state index contributed by atoms with van der Waals surface area (Å²) in [4.78, 5) is 11.4. The van der Waals surface area contributed by atoms with E-state index in [9.17, 15) is 4.79 Å². The molecule has 17 heavy (non-hydrogen) atoms. The van der Waals surface area contributed by atoms with Gasteiger partial charge >= 0.3 is 5.97 Å². The van der Waals surface area contributed by atoms with E-state index in [-0.39, 0.29) is 5.97 Å². The van der Waals surface area contributed by atoms with Crippen molar-refractivity contribution in [1.29, 1.82) is 0 Å². The number of ether oxygens (including phenoxy) is 1. The Labute approximate surface area is 102 Å². The molecular weight excluding hydrogens is 214 g/mol. The van der Waals surface area contributed by atoms with Crippen molar-refractivity contribution in [3.8, 4) is 0 Å². The normalized spacial score (nSPS) is 16.6. The molecule has 3 nitrogen and oxygen atoms in total. The summed E-state index contributed by atoms with van der Waals surface area (Å²) in [6.07, 6.45) is 3.16. The highest BCUT2D eigenvalue weighted by molar-refractivity contribution is 5.75. The average molecular weight is 233 g/mol. The molecule has 1 aromatic carbocycles. The van der Waals surface area contributed by atoms with Crippen LogP contribution in [0.1, 0.15) is 36.8 Å². The number of carbonyl (C=O) groups excluding carboxylic acids is 1. The number of hydrogen-bond acceptors (Lipinski definition) is 3. The summed E-state index contributed by atoms with van der Waals surface area (Å²) < 4.78 is 4.88. The van der Waals surface area contributed by atoms with Gasteiger partial charge in [-0.3, -0.25) is 4.79 Å². The Morgan fingerprint density at radius 3 is 2.59 bits per heavy atom. The van der Waals surface area contributed by atoms with Crippen molar-refractivity contribution in [2.45, 2.75) is 38.1 Å². The third kappa shape index (κ3) is 3.30. The smallest absolute Gasteiger partial charge is 0.323 e. The van der Waals surface area contributed by atoms with Gasteiger partial charge in [0, 0.05) is 0 Å². The lowest BCUT2D eigenvalue weighted by Gasteiger charge is -2.10. The summed E-state index contributed by atoms with van der Waals surface area (Å²) in [5.74, 6) is 0.446. The minimum absolute atomic E-state index is 0.321. The maximum atomic E-state index is 11.4. The third-order valence-electron chi connectivity index (χ3n) is 3.07. The molecule has 1 fully saturated rings. The van der Waals surface area contributed by atoms with E-state index < -0.39 is 6.04 Å². The second-order valence-corrected chi connectivity index (χ2v) is 4.58. The van der Waals surface area contributed by atoms with Crippen molar-refractivity contribution in [2.75, 3.05) is 6.61 Å².